The van der Waals surface area contributed by atoms with Crippen LogP contribution in [0, 0.1) is 0 Å². The van der Waals surface area contributed by atoms with Gasteiger partial charge in [0.1, 0.15) is 0 Å². The molecule has 1 atom stereocenters. The maximum atomic E-state index is 11.8. The lowest BCUT2D eigenvalue weighted by Crippen LogP contribution is -2.34. The molecule has 19 heavy (non-hydrogen) atoms. The van der Waals surface area contributed by atoms with Crippen LogP contribution in [0.3, 0.4) is 0 Å². The van der Waals surface area contributed by atoms with E-state index >= 15 is 0 Å². The molecule has 2 heterocycles. The molecule has 0 saturated carbocycles. The van der Waals surface area contributed by atoms with Gasteiger partial charge >= 0.3 is 0 Å². The third-order valence-electron chi connectivity index (χ3n) is 2.96. The molecule has 0 spiro atoms. The second-order valence-corrected chi connectivity index (χ2v) is 4.22. The Hall–Kier alpha value is -1.51. The monoisotopic (exact) mass is 270 g/mol. The first kappa shape index (κ1) is 13.9. The fourth-order valence-electron chi connectivity index (χ4n) is 1.88. The van der Waals surface area contributed by atoms with Gasteiger partial charge in [0.15, 0.2) is 6.29 Å². The average Bonchev–Trinajstić information content (AvgIpc) is 3.10. The second kappa shape index (κ2) is 6.60. The Labute approximate surface area is 110 Å². The summed E-state index contributed by atoms with van der Waals surface area (Å²) in [5.41, 5.74) is 0. The van der Waals surface area contributed by atoms with Gasteiger partial charge in [-0.3, -0.25) is 4.79 Å². The van der Waals surface area contributed by atoms with Crippen LogP contribution in [-0.2, 0) is 9.47 Å². The first-order valence-electron chi connectivity index (χ1n) is 6.15. The minimum atomic E-state index is -0.494. The third kappa shape index (κ3) is 3.49. The van der Waals surface area contributed by atoms with E-state index < -0.39 is 12.2 Å². The lowest BCUT2D eigenvalue weighted by Gasteiger charge is -2.12. The summed E-state index contributed by atoms with van der Waals surface area (Å²) in [6.07, 6.45) is 1.52. The van der Waals surface area contributed by atoms with Crippen LogP contribution in [0.5, 0.6) is 0 Å². The van der Waals surface area contributed by atoms with Gasteiger partial charge in [0, 0.05) is 14.2 Å². The van der Waals surface area contributed by atoms with Crippen LogP contribution in [0.15, 0.2) is 4.52 Å². The minimum Gasteiger partial charge on any atom is -0.354 e. The topological polar surface area (TPSA) is 98.5 Å². The van der Waals surface area contributed by atoms with Crippen molar-refractivity contribution in [3.05, 3.63) is 11.7 Å². The summed E-state index contributed by atoms with van der Waals surface area (Å²) in [7, 11) is 3.00. The van der Waals surface area contributed by atoms with Gasteiger partial charge in [0.2, 0.25) is 5.89 Å². The van der Waals surface area contributed by atoms with E-state index in [1.807, 2.05) is 0 Å². The number of nitrogens with zero attached hydrogens (tertiary/aromatic N) is 2. The molecule has 1 unspecified atom stereocenters. The van der Waals surface area contributed by atoms with E-state index in [-0.39, 0.29) is 18.4 Å². The highest BCUT2D eigenvalue weighted by molar-refractivity contribution is 5.90. The molecule has 1 aliphatic heterocycles. The van der Waals surface area contributed by atoms with Gasteiger partial charge in [-0.25, -0.2) is 0 Å². The predicted molar refractivity (Wildman–Crippen MR) is 64.4 cm³/mol. The van der Waals surface area contributed by atoms with Crippen LogP contribution >= 0.6 is 0 Å². The number of hydrogen-bond donors (Lipinski definition) is 2. The molecule has 1 amide bonds. The smallest absolute Gasteiger partial charge is 0.292 e. The SMILES string of the molecule is COC(CNC(=O)c1noc(C2CCCN2)n1)OC. The molecule has 2 N–H and O–H groups in total. The summed E-state index contributed by atoms with van der Waals surface area (Å²) < 4.78 is 15.0. The van der Waals surface area contributed by atoms with Crippen molar-refractivity contribution in [2.45, 2.75) is 25.2 Å². The van der Waals surface area contributed by atoms with Crippen LogP contribution in [0.25, 0.3) is 0 Å². The Kier molecular flexibility index (Phi) is 4.83. The molecule has 106 valence electrons. The second-order valence-electron chi connectivity index (χ2n) is 4.22. The highest BCUT2D eigenvalue weighted by Crippen LogP contribution is 2.20. The lowest BCUT2D eigenvalue weighted by atomic mass is 10.2. The van der Waals surface area contributed by atoms with Crippen molar-refractivity contribution in [3.63, 3.8) is 0 Å². The largest absolute Gasteiger partial charge is 0.354 e. The Bertz CT molecular complexity index is 413. The summed E-state index contributed by atoms with van der Waals surface area (Å²) in [4.78, 5) is 15.9. The van der Waals surface area contributed by atoms with Gasteiger partial charge in [-0.05, 0) is 19.4 Å². The Morgan fingerprint density at radius 2 is 2.37 bits per heavy atom. The molecule has 1 aromatic heterocycles. The van der Waals surface area contributed by atoms with E-state index in [9.17, 15) is 4.79 Å². The zero-order valence-electron chi connectivity index (χ0n) is 11.0. The van der Waals surface area contributed by atoms with Gasteiger partial charge in [0.25, 0.3) is 11.7 Å². The summed E-state index contributed by atoms with van der Waals surface area (Å²) >= 11 is 0. The van der Waals surface area contributed by atoms with Crippen molar-refractivity contribution in [1.82, 2.24) is 20.8 Å². The molecule has 1 saturated heterocycles. The first-order chi connectivity index (χ1) is 9.24. The van der Waals surface area contributed by atoms with Gasteiger partial charge < -0.3 is 24.6 Å². The summed E-state index contributed by atoms with van der Waals surface area (Å²) in [6, 6.07) is 0.0553. The first-order valence-corrected chi connectivity index (χ1v) is 6.15. The number of ether oxygens (including phenoxy) is 2. The Morgan fingerprint density at radius 1 is 1.58 bits per heavy atom. The number of carbonyl (C=O) groups is 1. The summed E-state index contributed by atoms with van der Waals surface area (Å²) in [5.74, 6) is 0.0689. The van der Waals surface area contributed by atoms with Crippen molar-refractivity contribution >= 4 is 5.91 Å². The normalized spacial score (nSPS) is 19.0. The van der Waals surface area contributed by atoms with Crippen molar-refractivity contribution in [3.8, 4) is 0 Å². The van der Waals surface area contributed by atoms with Gasteiger partial charge in [-0.15, -0.1) is 0 Å². The fraction of sp³-hybridized carbons (Fsp3) is 0.727. The highest BCUT2D eigenvalue weighted by atomic mass is 16.7. The predicted octanol–water partition coefficient (Wildman–Crippen LogP) is -0.157. The average molecular weight is 270 g/mol. The van der Waals surface area contributed by atoms with E-state index in [0.717, 1.165) is 19.4 Å². The molecule has 0 bridgehead atoms. The van der Waals surface area contributed by atoms with Crippen LogP contribution in [0.1, 0.15) is 35.4 Å². The lowest BCUT2D eigenvalue weighted by molar-refractivity contribution is -0.0975. The molecule has 8 nitrogen and oxygen atoms in total. The number of carbonyl (C=O) groups excluding carboxylic acids is 1. The number of nitrogens with one attached hydrogen (secondary N) is 2. The molecule has 1 fully saturated rings. The van der Waals surface area contributed by atoms with Gasteiger partial charge in [0.05, 0.1) is 12.6 Å². The molecular formula is C11H18N4O4. The molecule has 0 radical (unpaired) electrons. The maximum absolute atomic E-state index is 11.8. The molecule has 2 rings (SSSR count). The Balaban J connectivity index is 1.88. The number of aromatic nitrogens is 2. The molecule has 1 aliphatic rings. The van der Waals surface area contributed by atoms with E-state index in [1.165, 1.54) is 14.2 Å². The molecule has 8 heteroatoms. The summed E-state index contributed by atoms with van der Waals surface area (Å²) in [5, 5.41) is 9.51. The van der Waals surface area contributed by atoms with E-state index in [0.29, 0.717) is 5.89 Å². The zero-order chi connectivity index (χ0) is 13.7. The molecule has 0 aromatic carbocycles. The zero-order valence-corrected chi connectivity index (χ0v) is 11.0. The number of rotatable bonds is 6. The molecule has 0 aliphatic carbocycles. The maximum Gasteiger partial charge on any atom is 0.292 e. The van der Waals surface area contributed by atoms with Crippen molar-refractivity contribution < 1.29 is 18.8 Å². The van der Waals surface area contributed by atoms with Gasteiger partial charge in [-0.2, -0.15) is 4.98 Å². The molecule has 1 aromatic rings. The highest BCUT2D eigenvalue weighted by Gasteiger charge is 2.24. The van der Waals surface area contributed by atoms with Crippen LogP contribution in [-0.4, -0.2) is 49.6 Å². The summed E-state index contributed by atoms with van der Waals surface area (Å²) in [6.45, 7) is 1.15. The Morgan fingerprint density at radius 3 is 3.00 bits per heavy atom. The van der Waals surface area contributed by atoms with Crippen molar-refractivity contribution in [2.75, 3.05) is 27.3 Å². The van der Waals surface area contributed by atoms with Crippen LogP contribution in [0.4, 0.5) is 0 Å². The van der Waals surface area contributed by atoms with Crippen molar-refractivity contribution in [1.29, 1.82) is 0 Å². The van der Waals surface area contributed by atoms with Crippen molar-refractivity contribution in [2.24, 2.45) is 0 Å². The van der Waals surface area contributed by atoms with Gasteiger partial charge in [-0.1, -0.05) is 5.16 Å². The minimum absolute atomic E-state index is 0.0228. The number of hydrogen-bond acceptors (Lipinski definition) is 7. The quantitative estimate of drug-likeness (QED) is 0.693. The molecular weight excluding hydrogens is 252 g/mol. The van der Waals surface area contributed by atoms with E-state index in [4.69, 9.17) is 14.0 Å². The van der Waals surface area contributed by atoms with E-state index in [2.05, 4.69) is 20.8 Å². The third-order valence-corrected chi connectivity index (χ3v) is 2.96. The van der Waals surface area contributed by atoms with Crippen LogP contribution in [0.2, 0.25) is 0 Å². The van der Waals surface area contributed by atoms with E-state index in [1.54, 1.807) is 0 Å². The number of methoxy groups -OCH3 is 2. The number of amides is 1. The van der Waals surface area contributed by atoms with Crippen LogP contribution < -0.4 is 10.6 Å². The fourth-order valence-corrected chi connectivity index (χ4v) is 1.88. The standard InChI is InChI=1S/C11H18N4O4/c1-17-8(18-2)6-13-10(16)9-14-11(19-15-9)7-4-3-5-12-7/h7-8,12H,3-6H2,1-2H3,(H,13,16).